The number of nitrogens with zero attached hydrogens (tertiary/aromatic N) is 3. The van der Waals surface area contributed by atoms with Crippen molar-refractivity contribution in [2.24, 2.45) is 9.98 Å². The lowest BCUT2D eigenvalue weighted by molar-refractivity contribution is -0.119. The van der Waals surface area contributed by atoms with Gasteiger partial charge in [-0.05, 0) is 37.6 Å². The van der Waals surface area contributed by atoms with Crippen LogP contribution in [0.25, 0.3) is 0 Å². The van der Waals surface area contributed by atoms with E-state index in [0.29, 0.717) is 28.9 Å². The lowest BCUT2D eigenvalue weighted by Gasteiger charge is -2.31. The summed E-state index contributed by atoms with van der Waals surface area (Å²) in [5.41, 5.74) is 2.26. The topological polar surface area (TPSA) is 83.4 Å². The maximum Gasteiger partial charge on any atom is 0.270 e. The van der Waals surface area contributed by atoms with Crippen LogP contribution >= 0.6 is 11.8 Å². The Kier molecular flexibility index (Phi) is 6.08. The van der Waals surface area contributed by atoms with Crippen molar-refractivity contribution < 1.29 is 14.3 Å². The minimum Gasteiger partial charge on any atom is -0.497 e. The molecule has 0 bridgehead atoms. The Balaban J connectivity index is 1.58. The summed E-state index contributed by atoms with van der Waals surface area (Å²) in [6, 6.07) is 14.5. The number of hydrogen-bond donors (Lipinski definition) is 1. The molecule has 2 aromatic rings. The average Bonchev–Trinajstić information content (AvgIpc) is 3.10. The molecule has 7 nitrogen and oxygen atoms in total. The number of aliphatic imine (C=N–C) groups is 2. The number of carbonyl (C=O) groups excluding carboxylic acids is 2. The highest BCUT2D eigenvalue weighted by atomic mass is 32.2. The van der Waals surface area contributed by atoms with Crippen molar-refractivity contribution in [2.45, 2.75) is 38.0 Å². The first-order chi connectivity index (χ1) is 15.0. The fraction of sp³-hybridized carbons (Fsp3) is 0.304. The average molecular weight is 437 g/mol. The standard InChI is InChI=1S/C23H24N4O3S/c1-4-8-19-22(29)26-20-17-11-5-6-12-18(17)25-23(27(19)20)31-14(2)21(28)24-15-9-7-10-16(13-15)30-3/h5-7,9-14,19H,4,8H2,1-3H3,(H,24,28). The highest BCUT2D eigenvalue weighted by Crippen LogP contribution is 2.36. The van der Waals surface area contributed by atoms with Crippen molar-refractivity contribution in [3.63, 3.8) is 0 Å². The van der Waals surface area contributed by atoms with Crippen molar-refractivity contribution in [3.8, 4) is 5.75 Å². The number of fused-ring (bicyclic) bond motifs is 3. The third kappa shape index (κ3) is 4.20. The number of hydrogen-bond acceptors (Lipinski definition) is 6. The molecule has 0 aliphatic carbocycles. The summed E-state index contributed by atoms with van der Waals surface area (Å²) in [5.74, 6) is 0.980. The van der Waals surface area contributed by atoms with Gasteiger partial charge in [0.2, 0.25) is 5.91 Å². The van der Waals surface area contributed by atoms with Crippen LogP contribution in [-0.2, 0) is 9.59 Å². The highest BCUT2D eigenvalue weighted by Gasteiger charge is 2.41. The number of methoxy groups -OCH3 is 1. The van der Waals surface area contributed by atoms with Crippen LogP contribution in [0.15, 0.2) is 58.5 Å². The van der Waals surface area contributed by atoms with Crippen LogP contribution in [0.4, 0.5) is 11.4 Å². The molecule has 2 atom stereocenters. The first kappa shape index (κ1) is 21.1. The molecule has 2 heterocycles. The molecule has 1 N–H and O–H groups in total. The fourth-order valence-corrected chi connectivity index (χ4v) is 4.55. The van der Waals surface area contributed by atoms with Crippen molar-refractivity contribution >= 4 is 46.0 Å². The molecule has 0 fully saturated rings. The first-order valence-corrected chi connectivity index (χ1v) is 11.1. The highest BCUT2D eigenvalue weighted by molar-refractivity contribution is 8.14. The zero-order valence-corrected chi connectivity index (χ0v) is 18.5. The quantitative estimate of drug-likeness (QED) is 0.733. The Bertz CT molecular complexity index is 1080. The molecule has 0 radical (unpaired) electrons. The maximum absolute atomic E-state index is 12.9. The monoisotopic (exact) mass is 436 g/mol. The number of benzene rings is 2. The molecule has 2 unspecified atom stereocenters. The van der Waals surface area contributed by atoms with Gasteiger partial charge in [0.05, 0.1) is 18.0 Å². The molecule has 31 heavy (non-hydrogen) atoms. The van der Waals surface area contributed by atoms with E-state index in [0.717, 1.165) is 17.7 Å². The second kappa shape index (κ2) is 8.93. The van der Waals surface area contributed by atoms with E-state index in [1.54, 1.807) is 13.2 Å². The molecule has 4 rings (SSSR count). The number of anilines is 1. The lowest BCUT2D eigenvalue weighted by Crippen LogP contribution is -2.44. The molecular formula is C23H24N4O3S. The van der Waals surface area contributed by atoms with E-state index in [1.807, 2.05) is 61.2 Å². The van der Waals surface area contributed by atoms with E-state index in [1.165, 1.54) is 11.8 Å². The number of ether oxygens (including phenoxy) is 1. The van der Waals surface area contributed by atoms with Crippen LogP contribution in [0, 0.1) is 0 Å². The van der Waals surface area contributed by atoms with Crippen LogP contribution in [0.1, 0.15) is 32.3 Å². The Morgan fingerprint density at radius 1 is 1.23 bits per heavy atom. The summed E-state index contributed by atoms with van der Waals surface area (Å²) in [4.78, 5) is 36.5. The normalized spacial score (nSPS) is 18.0. The Morgan fingerprint density at radius 2 is 2.03 bits per heavy atom. The molecule has 2 aromatic carbocycles. The Labute approximate surface area is 185 Å². The van der Waals surface area contributed by atoms with Gasteiger partial charge in [0.25, 0.3) is 5.91 Å². The minimum absolute atomic E-state index is 0.157. The minimum atomic E-state index is -0.436. The van der Waals surface area contributed by atoms with Crippen molar-refractivity contribution in [2.75, 3.05) is 12.4 Å². The SMILES string of the molecule is CCCC1C(=O)N=C2c3ccccc3N=C(SC(C)C(=O)Nc3cccc(OC)c3)N21. The lowest BCUT2D eigenvalue weighted by atomic mass is 10.1. The molecular weight excluding hydrogens is 412 g/mol. The number of amides is 2. The van der Waals surface area contributed by atoms with Crippen molar-refractivity contribution in [3.05, 3.63) is 54.1 Å². The number of rotatable bonds is 6. The van der Waals surface area contributed by atoms with Gasteiger partial charge in [0.1, 0.15) is 17.6 Å². The van der Waals surface area contributed by atoms with Gasteiger partial charge in [-0.3, -0.25) is 14.5 Å². The van der Waals surface area contributed by atoms with E-state index in [2.05, 4.69) is 10.3 Å². The maximum atomic E-state index is 12.9. The number of thioether (sulfide) groups is 1. The summed E-state index contributed by atoms with van der Waals surface area (Å²) >= 11 is 1.33. The molecule has 8 heteroatoms. The third-order valence-electron chi connectivity index (χ3n) is 5.16. The summed E-state index contributed by atoms with van der Waals surface area (Å²) in [6.45, 7) is 3.87. The van der Waals surface area contributed by atoms with E-state index < -0.39 is 5.25 Å². The Morgan fingerprint density at radius 3 is 2.81 bits per heavy atom. The second-order valence-corrected chi connectivity index (χ2v) is 8.65. The molecule has 0 aromatic heterocycles. The first-order valence-electron chi connectivity index (χ1n) is 10.2. The summed E-state index contributed by atoms with van der Waals surface area (Å²) in [7, 11) is 1.58. The summed E-state index contributed by atoms with van der Waals surface area (Å²) in [5, 5.41) is 3.10. The number of carbonyl (C=O) groups is 2. The smallest absolute Gasteiger partial charge is 0.270 e. The van der Waals surface area contributed by atoms with Crippen LogP contribution in [0.3, 0.4) is 0 Å². The van der Waals surface area contributed by atoms with Gasteiger partial charge >= 0.3 is 0 Å². The zero-order chi connectivity index (χ0) is 22.0. The van der Waals surface area contributed by atoms with Gasteiger partial charge in [-0.25, -0.2) is 4.99 Å². The molecule has 2 amide bonds. The largest absolute Gasteiger partial charge is 0.497 e. The molecule has 160 valence electrons. The van der Waals surface area contributed by atoms with E-state index in [9.17, 15) is 9.59 Å². The number of nitrogens with one attached hydrogen (secondary N) is 1. The predicted molar refractivity (Wildman–Crippen MR) is 124 cm³/mol. The van der Waals surface area contributed by atoms with E-state index in [-0.39, 0.29) is 17.9 Å². The molecule has 2 aliphatic heterocycles. The van der Waals surface area contributed by atoms with Crippen molar-refractivity contribution in [1.29, 1.82) is 0 Å². The van der Waals surface area contributed by atoms with Crippen LogP contribution in [0.2, 0.25) is 0 Å². The second-order valence-electron chi connectivity index (χ2n) is 7.34. The van der Waals surface area contributed by atoms with Crippen LogP contribution < -0.4 is 10.1 Å². The summed E-state index contributed by atoms with van der Waals surface area (Å²) in [6.07, 6.45) is 1.53. The van der Waals surface area contributed by atoms with Gasteiger partial charge < -0.3 is 10.1 Å². The summed E-state index contributed by atoms with van der Waals surface area (Å²) < 4.78 is 5.22. The van der Waals surface area contributed by atoms with Gasteiger partial charge in [0.15, 0.2) is 5.17 Å². The number of amidine groups is 2. The fourth-order valence-electron chi connectivity index (χ4n) is 3.59. The molecule has 0 saturated heterocycles. The zero-order valence-electron chi connectivity index (χ0n) is 17.7. The molecule has 0 saturated carbocycles. The van der Waals surface area contributed by atoms with Crippen LogP contribution in [-0.4, -0.2) is 46.1 Å². The van der Waals surface area contributed by atoms with Gasteiger partial charge in [-0.1, -0.05) is 43.3 Å². The number of para-hydroxylation sites is 1. The Hall–Kier alpha value is -3.13. The van der Waals surface area contributed by atoms with Gasteiger partial charge in [-0.2, -0.15) is 4.99 Å². The van der Waals surface area contributed by atoms with Crippen molar-refractivity contribution in [1.82, 2.24) is 4.90 Å². The van der Waals surface area contributed by atoms with Gasteiger partial charge in [0, 0.05) is 17.3 Å². The van der Waals surface area contributed by atoms with E-state index in [4.69, 9.17) is 9.73 Å². The third-order valence-corrected chi connectivity index (χ3v) is 6.23. The molecule has 2 aliphatic rings. The molecule has 0 spiro atoms. The van der Waals surface area contributed by atoms with Crippen LogP contribution in [0.5, 0.6) is 5.75 Å². The predicted octanol–water partition coefficient (Wildman–Crippen LogP) is 4.21. The van der Waals surface area contributed by atoms with E-state index >= 15 is 0 Å². The van der Waals surface area contributed by atoms with Gasteiger partial charge in [-0.15, -0.1) is 0 Å².